The fourth-order valence-corrected chi connectivity index (χ4v) is 47.3. The van der Waals surface area contributed by atoms with Gasteiger partial charge >= 0.3 is 0 Å². The maximum Gasteiger partial charge on any atom is 0.156 e. The quantitative estimate of drug-likeness (QED) is 0.191. The Hall–Kier alpha value is -0.0551. The molecular weight excluding hydrogens is 1430 g/mol. The number of fused-ring (bicyclic) bond motifs is 8. The van der Waals surface area contributed by atoms with E-state index in [4.69, 9.17) is 0 Å². The van der Waals surface area contributed by atoms with Gasteiger partial charge in [-0.2, -0.15) is 0 Å². The smallest absolute Gasteiger partial charge is 0.156 e. The predicted octanol–water partition coefficient (Wildman–Crippen LogP) is 30.0. The Morgan fingerprint density at radius 2 is 0.429 bits per heavy atom. The number of nitrogens with zero attached hydrogens (tertiary/aromatic N) is 3. The van der Waals surface area contributed by atoms with E-state index in [1.54, 1.807) is 443 Å². The summed E-state index contributed by atoms with van der Waals surface area (Å²) in [6, 6.07) is 7.89. The molecule has 0 aromatic heterocycles. The first-order chi connectivity index (χ1) is 59.0. The molecule has 4 bridgehead atoms. The van der Waals surface area contributed by atoms with E-state index in [0.29, 0.717) is 0 Å². The van der Waals surface area contributed by atoms with Gasteiger partial charge in [-0.3, -0.25) is 14.7 Å². The highest BCUT2D eigenvalue weighted by Gasteiger charge is 2.72. The fourth-order valence-electron chi connectivity index (χ4n) is 47.3. The summed E-state index contributed by atoms with van der Waals surface area (Å²) in [6.45, 7) is 1.01. The molecule has 23 aliphatic carbocycles. The molecule has 30 unspecified atom stereocenters. The van der Waals surface area contributed by atoms with E-state index in [-0.39, 0.29) is 0 Å². The Morgan fingerprint density at radius 1 is 0.151 bits per heavy atom. The van der Waals surface area contributed by atoms with Crippen molar-refractivity contribution in [2.45, 2.75) is 515 Å². The van der Waals surface area contributed by atoms with Crippen LogP contribution in [0, 0.1) is 201 Å². The van der Waals surface area contributed by atoms with E-state index >= 15 is 0 Å². The molecular formula is C115H184BN3. The molecule has 3 nitrogen and oxygen atoms in total. The summed E-state index contributed by atoms with van der Waals surface area (Å²) in [4.78, 5) is 12.0. The van der Waals surface area contributed by atoms with Crippen molar-refractivity contribution in [1.29, 1.82) is 0 Å². The highest BCUT2D eigenvalue weighted by Crippen LogP contribution is 2.74. The van der Waals surface area contributed by atoms with Crippen molar-refractivity contribution in [2.24, 2.45) is 201 Å². The zero-order chi connectivity index (χ0) is 77.7. The molecule has 23 saturated carbocycles. The maximum atomic E-state index is 4.15. The molecule has 4 heterocycles. The minimum absolute atomic E-state index is 0.834. The molecule has 0 amide bonds. The number of piperidine rings is 2. The van der Waals surface area contributed by atoms with Gasteiger partial charge in [-0.25, -0.2) is 0 Å². The van der Waals surface area contributed by atoms with E-state index in [9.17, 15) is 0 Å². The van der Waals surface area contributed by atoms with Crippen LogP contribution in [-0.2, 0) is 0 Å². The molecule has 30 atom stereocenters. The fraction of sp³-hybridized carbons (Fsp3) is 1.00. The minimum atomic E-state index is 0.834. The molecule has 119 heavy (non-hydrogen) atoms. The van der Waals surface area contributed by atoms with Crippen LogP contribution in [0.2, 0.25) is 17.5 Å². The zero-order valence-electron chi connectivity index (χ0n) is 77.3. The lowest BCUT2D eigenvalue weighted by atomic mass is 9.18. The van der Waals surface area contributed by atoms with Crippen molar-refractivity contribution in [2.75, 3.05) is 0 Å². The molecule has 27 aliphatic rings. The van der Waals surface area contributed by atoms with Crippen LogP contribution < -0.4 is 0 Å². The van der Waals surface area contributed by atoms with Crippen LogP contribution in [0.3, 0.4) is 0 Å². The van der Waals surface area contributed by atoms with E-state index in [2.05, 4.69) is 14.7 Å². The predicted molar refractivity (Wildman–Crippen MR) is 494 cm³/mol. The van der Waals surface area contributed by atoms with Gasteiger partial charge in [0.05, 0.1) is 0 Å². The maximum absolute atomic E-state index is 4.15. The van der Waals surface area contributed by atoms with Crippen molar-refractivity contribution in [3.8, 4) is 0 Å². The van der Waals surface area contributed by atoms with E-state index in [1.807, 2.05) is 0 Å². The number of hydrogen-bond acceptors (Lipinski definition) is 3. The average molecular weight is 1620 g/mol. The Balaban J connectivity index is 0.650. The first-order valence-corrected chi connectivity index (χ1v) is 58.3. The second-order valence-electron chi connectivity index (χ2n) is 53.8. The Bertz CT molecular complexity index is 3110. The van der Waals surface area contributed by atoms with Crippen LogP contribution in [0.5, 0.6) is 0 Å². The summed E-state index contributed by atoms with van der Waals surface area (Å²) in [5, 5.41) is 0. The highest BCUT2D eigenvalue weighted by atomic mass is 15.3. The lowest BCUT2D eigenvalue weighted by Crippen LogP contribution is -2.78. The van der Waals surface area contributed by atoms with Gasteiger partial charge in [0.25, 0.3) is 0 Å². The van der Waals surface area contributed by atoms with Crippen LogP contribution in [0.25, 0.3) is 0 Å². The first-order valence-electron chi connectivity index (χ1n) is 58.3. The second-order valence-corrected chi connectivity index (χ2v) is 53.8. The van der Waals surface area contributed by atoms with Gasteiger partial charge in [-0.1, -0.05) is 295 Å². The van der Waals surface area contributed by atoms with Crippen molar-refractivity contribution in [1.82, 2.24) is 14.7 Å². The summed E-state index contributed by atoms with van der Waals surface area (Å²) in [6.07, 6.45) is 112. The van der Waals surface area contributed by atoms with Crippen molar-refractivity contribution < 1.29 is 0 Å². The SMILES string of the molecule is C1CCC(C2CC(C3CCCCC3)C(N3C4CC(C5CC6CCCC7C8CCCC9CCCC(C(C5)C67)C98)CCC4B4C5CCC(C6CC7CCCC8C9CCCC%10CCCC(C(C6)C78)C%109)CC5N(C5C(C6CCCCC6)CC(C6CCCCC6)CC5C5CCCCC5)C5CC(N6C7CC8CC(C7)CC6C8)CC3C45)C(C3CCCCC3)C2)CC1. The largest absolute Gasteiger partial charge is 0.295 e. The zero-order valence-corrected chi connectivity index (χ0v) is 77.3. The van der Waals surface area contributed by atoms with Crippen molar-refractivity contribution in [3.63, 3.8) is 0 Å². The lowest BCUT2D eigenvalue weighted by Gasteiger charge is -2.73. The van der Waals surface area contributed by atoms with E-state index < -0.39 is 0 Å². The molecule has 27 fully saturated rings. The summed E-state index contributed by atoms with van der Waals surface area (Å²) in [5.41, 5.74) is 0. The van der Waals surface area contributed by atoms with Gasteiger partial charge in [-0.05, 0) is 366 Å². The van der Waals surface area contributed by atoms with Gasteiger partial charge < -0.3 is 0 Å². The van der Waals surface area contributed by atoms with Crippen molar-refractivity contribution in [3.05, 3.63) is 0 Å². The normalized spacial score (nSPS) is 54.6. The summed E-state index contributed by atoms with van der Waals surface area (Å²) in [5.74, 6) is 39.1. The van der Waals surface area contributed by atoms with Gasteiger partial charge in [0.2, 0.25) is 0 Å². The molecule has 4 aliphatic heterocycles. The molecule has 0 aromatic carbocycles. The third-order valence-corrected chi connectivity index (χ3v) is 50.2. The Morgan fingerprint density at radius 3 is 0.773 bits per heavy atom. The second kappa shape index (κ2) is 33.6. The first kappa shape index (κ1) is 79.9. The average Bonchev–Trinajstić information content (AvgIpc) is 0.683. The van der Waals surface area contributed by atoms with Crippen LogP contribution in [0.4, 0.5) is 0 Å². The summed E-state index contributed by atoms with van der Waals surface area (Å²) in [7, 11) is 0. The van der Waals surface area contributed by atoms with Gasteiger partial charge in [0.1, 0.15) is 0 Å². The Kier molecular flexibility index (Phi) is 22.6. The monoisotopic (exact) mass is 1620 g/mol. The van der Waals surface area contributed by atoms with Gasteiger partial charge in [0.15, 0.2) is 6.71 Å². The molecule has 4 saturated heterocycles. The molecule has 0 spiro atoms. The number of rotatable bonds is 11. The summed E-state index contributed by atoms with van der Waals surface area (Å²) < 4.78 is 0. The third-order valence-electron chi connectivity index (χ3n) is 50.2. The van der Waals surface area contributed by atoms with Gasteiger partial charge in [0, 0.05) is 54.4 Å². The number of hydrogen-bond donors (Lipinski definition) is 0. The molecule has 27 rings (SSSR count). The minimum Gasteiger partial charge on any atom is -0.295 e. The molecule has 0 radical (unpaired) electrons. The van der Waals surface area contributed by atoms with Crippen LogP contribution in [0.1, 0.15) is 443 Å². The molecule has 4 heteroatoms. The molecule has 0 N–H and O–H groups in total. The van der Waals surface area contributed by atoms with E-state index in [1.165, 1.54) is 0 Å². The lowest BCUT2D eigenvalue weighted by molar-refractivity contribution is -0.164. The standard InChI is InChI=1S/C115H184BN3/c1-7-25-72(26-8-1)86-60-97(74-29-11-3-12-30-74)114(98(61-86)75-31-13-4-14-32-75)118-105-66-80(84-58-82-41-23-45-93-91-43-19-37-78-39-21-47-95(109(78)91)101(64-84)111(82)93)49-51-103(105)116-104-52-50-81(85-59-83-42-24-46-94-92-44-20-38-79-40-22-48-96(110(79)92)102(65-85)112(83)94)67-106(104)119(108-69-90(68-107(118)113(108)116)117-88-54-70-53-71(56-88)57-89(117)55-70)115-99(76-33-15-5-16-34-76)62-87(73-27-9-2-10-28-73)63-100(115)77-35-17-6-18-36-77/h70-115H,1-69H2. The van der Waals surface area contributed by atoms with Crippen molar-refractivity contribution >= 4 is 6.71 Å². The summed E-state index contributed by atoms with van der Waals surface area (Å²) >= 11 is 0. The highest BCUT2D eigenvalue weighted by molar-refractivity contribution is 6.65. The molecule has 0 aromatic rings. The topological polar surface area (TPSA) is 9.72 Å². The van der Waals surface area contributed by atoms with Crippen LogP contribution in [0.15, 0.2) is 0 Å². The Labute approximate surface area is 732 Å². The molecule has 662 valence electrons. The third kappa shape index (κ3) is 13.9. The van der Waals surface area contributed by atoms with Crippen LogP contribution >= 0.6 is 0 Å². The van der Waals surface area contributed by atoms with Crippen LogP contribution in [-0.4, -0.2) is 75.8 Å². The van der Waals surface area contributed by atoms with E-state index in [0.717, 1.165) is 280 Å². The van der Waals surface area contributed by atoms with Gasteiger partial charge in [-0.15, -0.1) is 0 Å².